The molecule has 1 fully saturated rings. The summed E-state index contributed by atoms with van der Waals surface area (Å²) in [6.45, 7) is 1.77. The lowest BCUT2D eigenvalue weighted by atomic mass is 10.1. The molecule has 0 radical (unpaired) electrons. The molecule has 1 aliphatic rings. The molecule has 1 aliphatic heterocycles. The number of carbonyl (C=O) groups excluding carboxylic acids is 2. The minimum absolute atomic E-state index is 0.0274. The third kappa shape index (κ3) is 12.7. The predicted octanol–water partition coefficient (Wildman–Crippen LogP) is 3.38. The van der Waals surface area contributed by atoms with Crippen LogP contribution in [0.5, 0.6) is 0 Å². The standard InChI is InChI=1S/C30H36Cl2N6O7S2.C2HF3O2/c1-36(46(2,41)42)28-8-3-21(19-34-29(39)20-45-14-9-33)15-27(28)30(40)35-24-4-6-26(7-5-24)47(43,44)38-12-10-37(11-13-38)25-17-22(31)16-23(32)18-25;3-2(4,5)1(6)7/h3-8,15-18H,9-14,19-20,33H2,1-2H3,(H,34,39)(H,35,40);(H,6,7). The average molecular weight is 842 g/mol. The number of sulfonamides is 2. The number of rotatable bonds is 13. The van der Waals surface area contributed by atoms with Gasteiger partial charge in [-0.25, -0.2) is 21.6 Å². The molecular weight excluding hydrogens is 804 g/mol. The van der Waals surface area contributed by atoms with Crippen LogP contribution in [-0.2, 0) is 40.9 Å². The van der Waals surface area contributed by atoms with Crippen LogP contribution in [-0.4, -0.2) is 109 Å². The van der Waals surface area contributed by atoms with Gasteiger partial charge in [0, 0.05) is 67.7 Å². The number of carbonyl (C=O) groups is 3. The van der Waals surface area contributed by atoms with Crippen molar-refractivity contribution in [3.63, 3.8) is 0 Å². The highest BCUT2D eigenvalue weighted by molar-refractivity contribution is 7.92. The second kappa shape index (κ2) is 18.9. The quantitative estimate of drug-likeness (QED) is 0.184. The number of hydrogen-bond donors (Lipinski definition) is 4. The van der Waals surface area contributed by atoms with Gasteiger partial charge < -0.3 is 31.1 Å². The summed E-state index contributed by atoms with van der Waals surface area (Å²) in [6, 6.07) is 15.5. The van der Waals surface area contributed by atoms with Crippen LogP contribution in [0.3, 0.4) is 0 Å². The molecule has 0 atom stereocenters. The summed E-state index contributed by atoms with van der Waals surface area (Å²) in [5, 5.41) is 13.5. The largest absolute Gasteiger partial charge is 0.490 e. The van der Waals surface area contributed by atoms with Crippen molar-refractivity contribution in [2.24, 2.45) is 5.73 Å². The van der Waals surface area contributed by atoms with Crippen LogP contribution >= 0.6 is 23.2 Å². The number of carboxylic acids is 1. The first-order chi connectivity index (χ1) is 25.1. The maximum absolute atomic E-state index is 13.5. The van der Waals surface area contributed by atoms with Gasteiger partial charge in [0.25, 0.3) is 5.91 Å². The van der Waals surface area contributed by atoms with E-state index in [1.54, 1.807) is 24.3 Å². The minimum Gasteiger partial charge on any atom is -0.475 e. The number of benzene rings is 3. The summed E-state index contributed by atoms with van der Waals surface area (Å²) in [5.41, 5.74) is 7.14. The van der Waals surface area contributed by atoms with Crippen molar-refractivity contribution in [2.75, 3.05) is 73.8 Å². The van der Waals surface area contributed by atoms with Crippen molar-refractivity contribution in [1.82, 2.24) is 9.62 Å². The third-order valence-electron chi connectivity index (χ3n) is 7.57. The van der Waals surface area contributed by atoms with Gasteiger partial charge in [-0.2, -0.15) is 17.5 Å². The molecule has 0 unspecified atom stereocenters. The molecule has 2 amide bonds. The number of aliphatic carboxylic acids is 1. The zero-order valence-corrected chi connectivity index (χ0v) is 31.9. The highest BCUT2D eigenvalue weighted by Crippen LogP contribution is 2.29. The first kappa shape index (κ1) is 44.2. The average Bonchev–Trinajstić information content (AvgIpc) is 3.09. The van der Waals surface area contributed by atoms with Crippen molar-refractivity contribution in [1.29, 1.82) is 0 Å². The van der Waals surface area contributed by atoms with E-state index in [9.17, 15) is 39.6 Å². The number of alkyl halides is 3. The van der Waals surface area contributed by atoms with Crippen LogP contribution in [0.4, 0.5) is 30.2 Å². The molecule has 0 saturated carbocycles. The zero-order chi connectivity index (χ0) is 40.4. The number of nitrogens with zero attached hydrogens (tertiary/aromatic N) is 3. The number of nitrogens with two attached hydrogens (primary N) is 1. The SMILES string of the molecule is CN(c1ccc(CNC(=O)COCCN)cc1C(=O)Nc1ccc(S(=O)(=O)N2CCN(c3cc(Cl)cc(Cl)c3)CC2)cc1)S(C)(=O)=O.O=C(O)C(F)(F)F. The van der Waals surface area contributed by atoms with Gasteiger partial charge in [-0.3, -0.25) is 13.9 Å². The molecule has 54 heavy (non-hydrogen) atoms. The van der Waals surface area contributed by atoms with E-state index in [1.807, 2.05) is 4.90 Å². The van der Waals surface area contributed by atoms with Gasteiger partial charge in [0.2, 0.25) is 26.0 Å². The summed E-state index contributed by atoms with van der Waals surface area (Å²) in [5.74, 6) is -3.78. The van der Waals surface area contributed by atoms with Gasteiger partial charge in [-0.05, 0) is 60.2 Å². The first-order valence-electron chi connectivity index (χ1n) is 15.7. The van der Waals surface area contributed by atoms with Gasteiger partial charge in [-0.15, -0.1) is 0 Å². The summed E-state index contributed by atoms with van der Waals surface area (Å²) in [4.78, 5) is 36.5. The summed E-state index contributed by atoms with van der Waals surface area (Å²) in [6.07, 6.45) is -4.07. The van der Waals surface area contributed by atoms with Crippen molar-refractivity contribution in [3.8, 4) is 0 Å². The molecule has 22 heteroatoms. The van der Waals surface area contributed by atoms with E-state index in [0.717, 1.165) is 16.2 Å². The molecule has 296 valence electrons. The first-order valence-corrected chi connectivity index (χ1v) is 19.7. The Bertz CT molecular complexity index is 2010. The Balaban J connectivity index is 0.00000102. The van der Waals surface area contributed by atoms with Crippen molar-refractivity contribution in [3.05, 3.63) is 81.8 Å². The van der Waals surface area contributed by atoms with Gasteiger partial charge >= 0.3 is 12.1 Å². The molecule has 3 aromatic rings. The molecular formula is C32H37Cl2F3N6O9S2. The Labute approximate surface area is 319 Å². The molecule has 4 rings (SSSR count). The lowest BCUT2D eigenvalue weighted by Crippen LogP contribution is -2.48. The van der Waals surface area contributed by atoms with E-state index in [2.05, 4.69) is 10.6 Å². The molecule has 0 spiro atoms. The predicted molar refractivity (Wildman–Crippen MR) is 197 cm³/mol. The van der Waals surface area contributed by atoms with Gasteiger partial charge in [0.15, 0.2) is 0 Å². The van der Waals surface area contributed by atoms with Crippen LogP contribution in [0.25, 0.3) is 0 Å². The maximum Gasteiger partial charge on any atom is 0.490 e. The normalized spacial score (nSPS) is 13.7. The van der Waals surface area contributed by atoms with E-state index < -0.39 is 38.1 Å². The summed E-state index contributed by atoms with van der Waals surface area (Å²) >= 11 is 12.3. The number of carboxylic acid groups (broad SMARTS) is 1. The molecule has 3 aromatic carbocycles. The zero-order valence-electron chi connectivity index (χ0n) is 28.8. The van der Waals surface area contributed by atoms with Crippen LogP contribution in [0.2, 0.25) is 10.0 Å². The fourth-order valence-electron chi connectivity index (χ4n) is 4.79. The Morgan fingerprint density at radius 1 is 0.944 bits per heavy atom. The van der Waals surface area contributed by atoms with Crippen LogP contribution in [0.1, 0.15) is 15.9 Å². The summed E-state index contributed by atoms with van der Waals surface area (Å²) < 4.78 is 90.6. The van der Waals surface area contributed by atoms with Gasteiger partial charge in [0.1, 0.15) is 6.61 Å². The highest BCUT2D eigenvalue weighted by atomic mass is 35.5. The van der Waals surface area contributed by atoms with Gasteiger partial charge in [-0.1, -0.05) is 29.3 Å². The van der Waals surface area contributed by atoms with E-state index in [-0.39, 0.29) is 61.4 Å². The molecule has 0 bridgehead atoms. The Morgan fingerprint density at radius 3 is 2.04 bits per heavy atom. The van der Waals surface area contributed by atoms with Gasteiger partial charge in [0.05, 0.1) is 29.0 Å². The number of halogens is 5. The van der Waals surface area contributed by atoms with E-state index in [4.69, 9.17) is 43.6 Å². The molecule has 5 N–H and O–H groups in total. The second-order valence-electron chi connectivity index (χ2n) is 11.5. The third-order valence-corrected chi connectivity index (χ3v) is 11.1. The van der Waals surface area contributed by atoms with Crippen LogP contribution in [0, 0.1) is 0 Å². The Hall–Kier alpha value is -4.18. The van der Waals surface area contributed by atoms with Crippen molar-refractivity contribution in [2.45, 2.75) is 17.6 Å². The highest BCUT2D eigenvalue weighted by Gasteiger charge is 2.38. The number of ether oxygens (including phenoxy) is 1. The van der Waals surface area contributed by atoms with E-state index >= 15 is 0 Å². The van der Waals surface area contributed by atoms with E-state index in [0.29, 0.717) is 34.4 Å². The Morgan fingerprint density at radius 2 is 1.52 bits per heavy atom. The lowest BCUT2D eigenvalue weighted by Gasteiger charge is -2.35. The number of amides is 2. The molecule has 15 nitrogen and oxygen atoms in total. The second-order valence-corrected chi connectivity index (χ2v) is 16.3. The number of piperazine rings is 1. The minimum atomic E-state index is -5.08. The van der Waals surface area contributed by atoms with E-state index in [1.165, 1.54) is 47.8 Å². The lowest BCUT2D eigenvalue weighted by molar-refractivity contribution is -0.192. The number of anilines is 3. The molecule has 1 heterocycles. The summed E-state index contributed by atoms with van der Waals surface area (Å²) in [7, 11) is -6.22. The topological polar surface area (TPSA) is 209 Å². The van der Waals surface area contributed by atoms with Crippen molar-refractivity contribution < 1.29 is 54.2 Å². The Kier molecular flexibility index (Phi) is 15.5. The molecule has 0 aliphatic carbocycles. The molecule has 0 aromatic heterocycles. The molecule has 1 saturated heterocycles. The maximum atomic E-state index is 13.5. The fraction of sp³-hybridized carbons (Fsp3) is 0.344. The smallest absolute Gasteiger partial charge is 0.475 e. The number of hydrogen-bond acceptors (Lipinski definition) is 10. The number of nitrogens with one attached hydrogen (secondary N) is 2. The van der Waals surface area contributed by atoms with Crippen LogP contribution < -0.4 is 25.6 Å². The van der Waals surface area contributed by atoms with Crippen LogP contribution in [0.15, 0.2) is 65.6 Å². The van der Waals surface area contributed by atoms with Crippen molar-refractivity contribution >= 4 is 78.1 Å². The monoisotopic (exact) mass is 840 g/mol. The fourth-order valence-corrected chi connectivity index (χ4v) is 7.25.